The van der Waals surface area contributed by atoms with Crippen molar-refractivity contribution < 1.29 is 27.1 Å². The summed E-state index contributed by atoms with van der Waals surface area (Å²) in [7, 11) is 0. The largest absolute Gasteiger partial charge is 0.444 e. The maximum absolute atomic E-state index is 14.3. The Hall–Kier alpha value is -2.57. The van der Waals surface area contributed by atoms with Crippen molar-refractivity contribution in [2.75, 3.05) is 5.32 Å². The zero-order valence-electron chi connectivity index (χ0n) is 13.9. The van der Waals surface area contributed by atoms with Crippen LogP contribution in [0, 0.1) is 5.82 Å². The number of benzene rings is 2. The normalized spacial score (nSPS) is 12.0. The lowest BCUT2D eigenvalue weighted by molar-refractivity contribution is -0.137. The highest BCUT2D eigenvalue weighted by molar-refractivity contribution is 5.92. The van der Waals surface area contributed by atoms with E-state index in [0.29, 0.717) is 0 Å². The molecular formula is C18H17F4NO2. The minimum absolute atomic E-state index is 0.106. The third kappa shape index (κ3) is 4.71. The average molecular weight is 355 g/mol. The van der Waals surface area contributed by atoms with Gasteiger partial charge in [-0.25, -0.2) is 9.18 Å². The van der Waals surface area contributed by atoms with Gasteiger partial charge >= 0.3 is 12.3 Å². The predicted octanol–water partition coefficient (Wildman–Crippen LogP) is 5.86. The molecule has 0 heterocycles. The quantitative estimate of drug-likeness (QED) is 0.686. The molecule has 0 bridgehead atoms. The van der Waals surface area contributed by atoms with Crippen LogP contribution in [-0.2, 0) is 10.9 Å². The molecule has 0 aliphatic rings. The van der Waals surface area contributed by atoms with E-state index in [4.69, 9.17) is 4.74 Å². The molecule has 0 saturated heterocycles. The van der Waals surface area contributed by atoms with Crippen LogP contribution in [0.15, 0.2) is 42.5 Å². The van der Waals surface area contributed by atoms with E-state index < -0.39 is 29.3 Å². The average Bonchev–Trinajstić information content (AvgIpc) is 2.44. The third-order valence-electron chi connectivity index (χ3n) is 3.15. The van der Waals surface area contributed by atoms with E-state index in [1.54, 1.807) is 20.8 Å². The summed E-state index contributed by atoms with van der Waals surface area (Å²) in [5.41, 5.74) is -2.61. The molecule has 25 heavy (non-hydrogen) atoms. The van der Waals surface area contributed by atoms with E-state index in [1.165, 1.54) is 24.3 Å². The topological polar surface area (TPSA) is 38.3 Å². The van der Waals surface area contributed by atoms with Crippen LogP contribution in [-0.4, -0.2) is 11.7 Å². The number of nitrogens with one attached hydrogen (secondary N) is 1. The summed E-state index contributed by atoms with van der Waals surface area (Å²) in [5, 5.41) is 2.32. The molecule has 3 nitrogen and oxygen atoms in total. The number of carbonyl (C=O) groups is 1. The fourth-order valence-corrected chi connectivity index (χ4v) is 2.26. The Labute approximate surface area is 142 Å². The summed E-state index contributed by atoms with van der Waals surface area (Å²) in [6, 6.07) is 8.24. The van der Waals surface area contributed by atoms with Gasteiger partial charge in [-0.3, -0.25) is 5.32 Å². The second-order valence-corrected chi connectivity index (χ2v) is 6.33. The fraction of sp³-hybridized carbons (Fsp3) is 0.278. The summed E-state index contributed by atoms with van der Waals surface area (Å²) in [6.07, 6.45) is -5.55. The van der Waals surface area contributed by atoms with Gasteiger partial charge in [0.2, 0.25) is 0 Å². The van der Waals surface area contributed by atoms with Gasteiger partial charge in [0.05, 0.1) is 11.3 Å². The van der Waals surface area contributed by atoms with Crippen LogP contribution in [0.3, 0.4) is 0 Å². The SMILES string of the molecule is CC(C)(C)OC(=O)Nc1cccc(F)c1-c1ccccc1C(F)(F)F. The molecule has 0 spiro atoms. The number of rotatable bonds is 2. The maximum atomic E-state index is 14.3. The molecule has 2 rings (SSSR count). The second-order valence-electron chi connectivity index (χ2n) is 6.33. The van der Waals surface area contributed by atoms with Crippen LogP contribution in [0.2, 0.25) is 0 Å². The number of ether oxygens (including phenoxy) is 1. The molecule has 7 heteroatoms. The Kier molecular flexibility index (Phi) is 5.06. The molecule has 2 aromatic rings. The molecule has 1 N–H and O–H groups in total. The van der Waals surface area contributed by atoms with Crippen molar-refractivity contribution in [1.82, 2.24) is 0 Å². The maximum Gasteiger partial charge on any atom is 0.417 e. The highest BCUT2D eigenvalue weighted by Crippen LogP contribution is 2.40. The molecule has 0 atom stereocenters. The van der Waals surface area contributed by atoms with Crippen molar-refractivity contribution in [2.45, 2.75) is 32.5 Å². The molecule has 0 saturated carbocycles. The lowest BCUT2D eigenvalue weighted by atomic mass is 9.97. The van der Waals surface area contributed by atoms with Gasteiger partial charge in [0.25, 0.3) is 0 Å². The van der Waals surface area contributed by atoms with Crippen LogP contribution >= 0.6 is 0 Å². The number of anilines is 1. The Balaban J connectivity index is 2.52. The Morgan fingerprint density at radius 3 is 2.24 bits per heavy atom. The minimum atomic E-state index is -4.66. The standard InChI is InChI=1S/C18H17F4NO2/c1-17(2,3)25-16(24)23-14-10-6-9-13(19)15(14)11-7-4-5-8-12(11)18(20,21)22/h4-10H,1-3H3,(H,23,24). The molecule has 0 fully saturated rings. The van der Waals surface area contributed by atoms with Gasteiger partial charge in [-0.1, -0.05) is 24.3 Å². The van der Waals surface area contributed by atoms with Crippen molar-refractivity contribution in [2.24, 2.45) is 0 Å². The van der Waals surface area contributed by atoms with Gasteiger partial charge in [-0.05, 0) is 44.5 Å². The number of hydrogen-bond acceptors (Lipinski definition) is 2. The van der Waals surface area contributed by atoms with E-state index in [0.717, 1.165) is 18.2 Å². The number of halogens is 4. The Bertz CT molecular complexity index is 779. The van der Waals surface area contributed by atoms with Gasteiger partial charge in [0.15, 0.2) is 0 Å². The summed E-state index contributed by atoms with van der Waals surface area (Å²) in [4.78, 5) is 11.9. The van der Waals surface area contributed by atoms with E-state index in [-0.39, 0.29) is 16.8 Å². The van der Waals surface area contributed by atoms with Crippen LogP contribution in [0.25, 0.3) is 11.1 Å². The Morgan fingerprint density at radius 2 is 1.64 bits per heavy atom. The second kappa shape index (κ2) is 6.74. The van der Waals surface area contributed by atoms with Crippen molar-refractivity contribution in [1.29, 1.82) is 0 Å². The van der Waals surface area contributed by atoms with Gasteiger partial charge < -0.3 is 4.74 Å². The van der Waals surface area contributed by atoms with Crippen molar-refractivity contribution in [3.63, 3.8) is 0 Å². The molecule has 0 aliphatic heterocycles. The first-order valence-electron chi connectivity index (χ1n) is 7.44. The lowest BCUT2D eigenvalue weighted by Crippen LogP contribution is -2.27. The Morgan fingerprint density at radius 1 is 1.00 bits per heavy atom. The molecule has 0 aromatic heterocycles. The summed E-state index contributed by atoms with van der Waals surface area (Å²) in [6.45, 7) is 4.91. The number of amides is 1. The zero-order chi connectivity index (χ0) is 18.8. The molecular weight excluding hydrogens is 338 g/mol. The van der Waals surface area contributed by atoms with Crippen molar-refractivity contribution >= 4 is 11.8 Å². The highest BCUT2D eigenvalue weighted by Gasteiger charge is 2.34. The van der Waals surface area contributed by atoms with Crippen LogP contribution in [0.4, 0.5) is 28.0 Å². The smallest absolute Gasteiger partial charge is 0.417 e. The van der Waals surface area contributed by atoms with E-state index >= 15 is 0 Å². The van der Waals surface area contributed by atoms with Crippen LogP contribution in [0.5, 0.6) is 0 Å². The first-order valence-corrected chi connectivity index (χ1v) is 7.44. The number of alkyl halides is 3. The van der Waals surface area contributed by atoms with Gasteiger partial charge in [0.1, 0.15) is 11.4 Å². The van der Waals surface area contributed by atoms with Crippen LogP contribution in [0.1, 0.15) is 26.3 Å². The first-order chi connectivity index (χ1) is 11.5. The predicted molar refractivity (Wildman–Crippen MR) is 86.7 cm³/mol. The van der Waals surface area contributed by atoms with Gasteiger partial charge in [-0.15, -0.1) is 0 Å². The minimum Gasteiger partial charge on any atom is -0.444 e. The summed E-state index contributed by atoms with van der Waals surface area (Å²) < 4.78 is 59.2. The zero-order valence-corrected chi connectivity index (χ0v) is 13.9. The van der Waals surface area contributed by atoms with E-state index in [1.807, 2.05) is 0 Å². The first kappa shape index (κ1) is 18.8. The summed E-state index contributed by atoms with van der Waals surface area (Å²) >= 11 is 0. The number of hydrogen-bond donors (Lipinski definition) is 1. The van der Waals surface area contributed by atoms with Gasteiger partial charge in [0, 0.05) is 5.56 Å². The fourth-order valence-electron chi connectivity index (χ4n) is 2.26. The lowest BCUT2D eigenvalue weighted by Gasteiger charge is -2.21. The van der Waals surface area contributed by atoms with E-state index in [9.17, 15) is 22.4 Å². The molecule has 134 valence electrons. The van der Waals surface area contributed by atoms with Crippen molar-refractivity contribution in [3.8, 4) is 11.1 Å². The summed E-state index contributed by atoms with van der Waals surface area (Å²) in [5.74, 6) is -0.884. The third-order valence-corrected chi connectivity index (χ3v) is 3.15. The highest BCUT2D eigenvalue weighted by atomic mass is 19.4. The molecule has 0 radical (unpaired) electrons. The monoisotopic (exact) mass is 355 g/mol. The van der Waals surface area contributed by atoms with Crippen LogP contribution < -0.4 is 5.32 Å². The molecule has 0 aliphatic carbocycles. The van der Waals surface area contributed by atoms with Crippen molar-refractivity contribution in [3.05, 3.63) is 53.8 Å². The number of carbonyl (C=O) groups excluding carboxylic acids is 1. The molecule has 0 unspecified atom stereocenters. The molecule has 2 aromatic carbocycles. The molecule has 1 amide bonds. The van der Waals surface area contributed by atoms with E-state index in [2.05, 4.69) is 5.32 Å². The van der Waals surface area contributed by atoms with Gasteiger partial charge in [-0.2, -0.15) is 13.2 Å².